The second-order valence-electron chi connectivity index (χ2n) is 7.06. The zero-order valence-electron chi connectivity index (χ0n) is 19.1. The number of aromatic nitrogens is 2. The van der Waals surface area contributed by atoms with Gasteiger partial charge >= 0.3 is 12.1 Å². The molecule has 9 nitrogen and oxygen atoms in total. The molecule has 0 aliphatic carbocycles. The highest BCUT2D eigenvalue weighted by Gasteiger charge is 2.38. The van der Waals surface area contributed by atoms with Crippen LogP contribution in [0.15, 0.2) is 36.5 Å². The van der Waals surface area contributed by atoms with Crippen molar-refractivity contribution in [3.8, 4) is 16.2 Å². The van der Waals surface area contributed by atoms with Gasteiger partial charge in [0.25, 0.3) is 0 Å². The first-order chi connectivity index (χ1) is 16.8. The van der Waals surface area contributed by atoms with Crippen LogP contribution in [0.5, 0.6) is 5.75 Å². The van der Waals surface area contributed by atoms with Gasteiger partial charge in [0.15, 0.2) is 10.3 Å². The number of methoxy groups -OCH3 is 1. The monoisotopic (exact) mass is 544 g/mol. The van der Waals surface area contributed by atoms with Crippen molar-refractivity contribution in [3.05, 3.63) is 52.9 Å². The molecule has 3 aromatic rings. The van der Waals surface area contributed by atoms with Gasteiger partial charge < -0.3 is 20.5 Å². The Morgan fingerprint density at radius 2 is 1.86 bits per heavy atom. The number of carbonyl (C=O) groups excluding carboxylic acids is 2. The number of carbonyl (C=O) groups is 3. The van der Waals surface area contributed by atoms with E-state index in [9.17, 15) is 22.8 Å². The molecule has 2 aromatic heterocycles. The summed E-state index contributed by atoms with van der Waals surface area (Å²) >= 11 is 7.51. The number of rotatable bonds is 6. The van der Waals surface area contributed by atoms with Crippen LogP contribution in [0.4, 0.5) is 24.0 Å². The van der Waals surface area contributed by atoms with Crippen LogP contribution in [-0.4, -0.2) is 46.1 Å². The summed E-state index contributed by atoms with van der Waals surface area (Å²) in [6.07, 6.45) is -3.30. The molecule has 2 amide bonds. The Bertz CT molecular complexity index is 1270. The third-order valence-corrected chi connectivity index (χ3v) is 5.62. The minimum absolute atomic E-state index is 0.171. The number of anilines is 2. The SMILES string of the molecule is COc1cccc(CC(=O)Nc2cc(-c3sc(NC(C)=O)nc3C)cnc2Cl)c1.O=C(O)C(F)(F)F. The van der Waals surface area contributed by atoms with E-state index in [0.717, 1.165) is 21.7 Å². The summed E-state index contributed by atoms with van der Waals surface area (Å²) in [5.74, 6) is -2.48. The first-order valence-corrected chi connectivity index (χ1v) is 11.1. The second kappa shape index (κ2) is 12.3. The lowest BCUT2D eigenvalue weighted by Gasteiger charge is -2.09. The minimum Gasteiger partial charge on any atom is -0.497 e. The highest BCUT2D eigenvalue weighted by Crippen LogP contribution is 2.35. The number of nitrogens with one attached hydrogen (secondary N) is 2. The lowest BCUT2D eigenvalue weighted by molar-refractivity contribution is -0.192. The predicted molar refractivity (Wildman–Crippen MR) is 128 cm³/mol. The van der Waals surface area contributed by atoms with E-state index < -0.39 is 12.1 Å². The number of carboxylic acid groups (broad SMARTS) is 1. The molecule has 1 aromatic carbocycles. The van der Waals surface area contributed by atoms with Gasteiger partial charge in [0, 0.05) is 18.7 Å². The van der Waals surface area contributed by atoms with Gasteiger partial charge in [-0.2, -0.15) is 13.2 Å². The summed E-state index contributed by atoms with van der Waals surface area (Å²) in [4.78, 5) is 42.0. The van der Waals surface area contributed by atoms with Gasteiger partial charge in [0.1, 0.15) is 5.75 Å². The molecule has 0 radical (unpaired) electrons. The van der Waals surface area contributed by atoms with Crippen molar-refractivity contribution in [2.24, 2.45) is 0 Å². The summed E-state index contributed by atoms with van der Waals surface area (Å²) in [5, 5.41) is 13.3. The van der Waals surface area contributed by atoms with Gasteiger partial charge in [-0.05, 0) is 30.7 Å². The summed E-state index contributed by atoms with van der Waals surface area (Å²) in [5.41, 5.74) is 2.72. The highest BCUT2D eigenvalue weighted by atomic mass is 35.5. The summed E-state index contributed by atoms with van der Waals surface area (Å²) in [7, 11) is 1.58. The lowest BCUT2D eigenvalue weighted by Crippen LogP contribution is -2.21. The molecule has 192 valence electrons. The molecule has 0 bridgehead atoms. The molecule has 0 aliphatic rings. The Labute approximate surface area is 212 Å². The molecule has 14 heteroatoms. The fraction of sp³-hybridized carbons (Fsp3) is 0.227. The number of nitrogens with zero attached hydrogens (tertiary/aromatic N) is 2. The van der Waals surface area contributed by atoms with Crippen molar-refractivity contribution in [1.82, 2.24) is 9.97 Å². The fourth-order valence-corrected chi connectivity index (χ4v) is 3.83. The van der Waals surface area contributed by atoms with Crippen molar-refractivity contribution in [3.63, 3.8) is 0 Å². The molecular formula is C22H20ClF3N4O5S. The van der Waals surface area contributed by atoms with Crippen molar-refractivity contribution in [2.75, 3.05) is 17.7 Å². The third kappa shape index (κ3) is 8.50. The van der Waals surface area contributed by atoms with E-state index in [2.05, 4.69) is 20.6 Å². The van der Waals surface area contributed by atoms with E-state index >= 15 is 0 Å². The van der Waals surface area contributed by atoms with Gasteiger partial charge in [0.05, 0.1) is 29.8 Å². The number of alkyl halides is 3. The van der Waals surface area contributed by atoms with Gasteiger partial charge in [-0.3, -0.25) is 9.59 Å². The lowest BCUT2D eigenvalue weighted by atomic mass is 10.1. The van der Waals surface area contributed by atoms with Crippen LogP contribution in [0.25, 0.3) is 10.4 Å². The third-order valence-electron chi connectivity index (χ3n) is 4.20. The fourth-order valence-electron chi connectivity index (χ4n) is 2.69. The van der Waals surface area contributed by atoms with E-state index in [0.29, 0.717) is 16.6 Å². The zero-order valence-corrected chi connectivity index (χ0v) is 20.6. The molecule has 2 heterocycles. The number of thiazole rings is 1. The number of benzene rings is 1. The van der Waals surface area contributed by atoms with Gasteiger partial charge in [0.2, 0.25) is 11.8 Å². The molecule has 3 N–H and O–H groups in total. The molecule has 0 fully saturated rings. The Balaban J connectivity index is 0.000000572. The number of hydrogen-bond acceptors (Lipinski definition) is 7. The predicted octanol–water partition coefficient (Wildman–Crippen LogP) is 4.95. The topological polar surface area (TPSA) is 131 Å². The van der Waals surface area contributed by atoms with Crippen molar-refractivity contribution in [1.29, 1.82) is 0 Å². The van der Waals surface area contributed by atoms with Gasteiger partial charge in [-0.25, -0.2) is 14.8 Å². The smallest absolute Gasteiger partial charge is 0.490 e. The Morgan fingerprint density at radius 1 is 1.19 bits per heavy atom. The van der Waals surface area contributed by atoms with E-state index in [4.69, 9.17) is 26.2 Å². The largest absolute Gasteiger partial charge is 0.497 e. The quantitative estimate of drug-likeness (QED) is 0.374. The summed E-state index contributed by atoms with van der Waals surface area (Å²) < 4.78 is 36.9. The number of aryl methyl sites for hydroxylation is 1. The van der Waals surface area contributed by atoms with Crippen LogP contribution < -0.4 is 15.4 Å². The van der Waals surface area contributed by atoms with Crippen LogP contribution in [0.1, 0.15) is 18.2 Å². The van der Waals surface area contributed by atoms with Gasteiger partial charge in [-0.15, -0.1) is 0 Å². The maximum Gasteiger partial charge on any atom is 0.490 e. The molecule has 0 atom stereocenters. The maximum absolute atomic E-state index is 12.5. The van der Waals surface area contributed by atoms with Crippen molar-refractivity contribution >= 4 is 51.5 Å². The van der Waals surface area contributed by atoms with E-state index in [1.807, 2.05) is 25.1 Å². The molecule has 0 saturated heterocycles. The molecule has 0 spiro atoms. The number of halogens is 4. The van der Waals surface area contributed by atoms with E-state index in [-0.39, 0.29) is 23.4 Å². The number of aliphatic carboxylic acids is 1. The standard InChI is InChI=1S/C20H19ClN4O3S.C2HF3O2/c1-11-18(29-20(23-11)24-12(2)26)14-9-16(19(21)22-10-14)25-17(27)8-13-5-4-6-15(7-13)28-3;3-2(4,5)1(6)7/h4-7,9-10H,8H2,1-3H3,(H,25,27)(H,23,24,26);(H,6,7). The van der Waals surface area contributed by atoms with E-state index in [1.165, 1.54) is 18.3 Å². The van der Waals surface area contributed by atoms with Crippen LogP contribution in [0, 0.1) is 6.92 Å². The summed E-state index contributed by atoms with van der Waals surface area (Å²) in [6, 6.07) is 9.05. The minimum atomic E-state index is -5.08. The summed E-state index contributed by atoms with van der Waals surface area (Å²) in [6.45, 7) is 3.27. The first kappa shape index (κ1) is 28.5. The van der Waals surface area contributed by atoms with Crippen LogP contribution in [0.2, 0.25) is 5.15 Å². The molecular weight excluding hydrogens is 525 g/mol. The van der Waals surface area contributed by atoms with E-state index in [1.54, 1.807) is 25.4 Å². The average Bonchev–Trinajstić information content (AvgIpc) is 3.14. The Morgan fingerprint density at radius 3 is 2.44 bits per heavy atom. The number of carboxylic acids is 1. The molecule has 3 rings (SSSR count). The van der Waals surface area contributed by atoms with Crippen molar-refractivity contribution in [2.45, 2.75) is 26.4 Å². The highest BCUT2D eigenvalue weighted by molar-refractivity contribution is 7.19. The molecule has 36 heavy (non-hydrogen) atoms. The number of hydrogen-bond donors (Lipinski definition) is 3. The Hall–Kier alpha value is -3.71. The maximum atomic E-state index is 12.5. The van der Waals surface area contributed by atoms with Crippen LogP contribution in [0.3, 0.4) is 0 Å². The van der Waals surface area contributed by atoms with Crippen LogP contribution >= 0.6 is 22.9 Å². The van der Waals surface area contributed by atoms with Gasteiger partial charge in [-0.1, -0.05) is 35.1 Å². The molecule has 0 aliphatic heterocycles. The average molecular weight is 545 g/mol. The number of pyridine rings is 1. The first-order valence-electron chi connectivity index (χ1n) is 9.94. The second-order valence-corrected chi connectivity index (χ2v) is 8.41. The molecule has 0 unspecified atom stereocenters. The zero-order chi connectivity index (χ0) is 27.0. The van der Waals surface area contributed by atoms with Crippen LogP contribution in [-0.2, 0) is 20.8 Å². The van der Waals surface area contributed by atoms with Crippen molar-refractivity contribution < 1.29 is 37.4 Å². The number of ether oxygens (including phenoxy) is 1. The molecule has 0 saturated carbocycles. The number of amides is 2. The normalized spacial score (nSPS) is 10.6. The Kier molecular flexibility index (Phi) is 9.76.